The first-order valence-corrected chi connectivity index (χ1v) is 10.4. The second-order valence-electron chi connectivity index (χ2n) is 7.26. The molecule has 1 amide bonds. The van der Waals surface area contributed by atoms with Crippen LogP contribution in [0.3, 0.4) is 0 Å². The largest absolute Gasteiger partial charge is 0.504 e. The Morgan fingerprint density at radius 1 is 1.22 bits per heavy atom. The number of aromatic nitrogens is 3. The summed E-state index contributed by atoms with van der Waals surface area (Å²) in [6, 6.07) is 4.92. The third-order valence-electron chi connectivity index (χ3n) is 5.15. The number of nitrogens with zero attached hydrogens (tertiary/aromatic N) is 4. The number of benzene rings is 1. The minimum absolute atomic E-state index is 0.0409. The molecule has 1 aromatic carbocycles. The highest BCUT2D eigenvalue weighted by Crippen LogP contribution is 2.34. The number of amides is 1. The van der Waals surface area contributed by atoms with Gasteiger partial charge in [0.25, 0.3) is 5.91 Å². The van der Waals surface area contributed by atoms with Gasteiger partial charge in [0, 0.05) is 43.3 Å². The van der Waals surface area contributed by atoms with Crippen LogP contribution in [-0.4, -0.2) is 50.9 Å². The number of rotatable bonds is 5. The molecule has 5 N–H and O–H groups in total. The molecular formula is C21H19Cl2N7O2. The number of pyridine rings is 1. The summed E-state index contributed by atoms with van der Waals surface area (Å²) in [6.45, 7) is 0.963. The molecule has 9 nitrogen and oxygen atoms in total. The number of hydrogen-bond donors (Lipinski definition) is 4. The first-order valence-electron chi connectivity index (χ1n) is 9.68. The molecule has 0 aliphatic carbocycles. The fourth-order valence-electron chi connectivity index (χ4n) is 3.60. The Hall–Kier alpha value is -3.43. The summed E-state index contributed by atoms with van der Waals surface area (Å²) in [4.78, 5) is 27.0. The molecule has 1 aliphatic rings. The molecule has 1 atom stereocenters. The zero-order chi connectivity index (χ0) is 22.8. The third-order valence-corrected chi connectivity index (χ3v) is 5.75. The number of amidine groups is 1. The molecule has 1 unspecified atom stereocenters. The van der Waals surface area contributed by atoms with Crippen molar-refractivity contribution in [2.24, 2.45) is 5.73 Å². The van der Waals surface area contributed by atoms with Gasteiger partial charge >= 0.3 is 0 Å². The Morgan fingerprint density at radius 2 is 2.03 bits per heavy atom. The van der Waals surface area contributed by atoms with Crippen molar-refractivity contribution in [3.8, 4) is 17.0 Å². The van der Waals surface area contributed by atoms with E-state index in [2.05, 4.69) is 20.3 Å². The van der Waals surface area contributed by atoms with Gasteiger partial charge in [0.15, 0.2) is 11.6 Å². The number of nitrogens with two attached hydrogens (primary N) is 1. The highest BCUT2D eigenvalue weighted by molar-refractivity contribution is 6.34. The van der Waals surface area contributed by atoms with Crippen molar-refractivity contribution in [1.29, 1.82) is 5.41 Å². The predicted molar refractivity (Wildman–Crippen MR) is 122 cm³/mol. The van der Waals surface area contributed by atoms with Gasteiger partial charge in [0.05, 0.1) is 33.1 Å². The van der Waals surface area contributed by atoms with E-state index in [0.717, 1.165) is 5.56 Å². The molecule has 0 bridgehead atoms. The number of halogens is 2. The fourth-order valence-corrected chi connectivity index (χ4v) is 4.10. The Morgan fingerprint density at radius 3 is 2.72 bits per heavy atom. The van der Waals surface area contributed by atoms with E-state index in [1.54, 1.807) is 36.8 Å². The van der Waals surface area contributed by atoms with E-state index in [0.29, 0.717) is 35.8 Å². The molecule has 0 spiro atoms. The Kier molecular flexibility index (Phi) is 6.11. The minimum atomic E-state index is -0.347. The van der Waals surface area contributed by atoms with Gasteiger partial charge in [0.1, 0.15) is 5.84 Å². The number of nitrogens with one attached hydrogen (secondary N) is 2. The van der Waals surface area contributed by atoms with E-state index in [1.807, 2.05) is 4.90 Å². The molecule has 32 heavy (non-hydrogen) atoms. The number of carbonyl (C=O) groups is 1. The maximum atomic E-state index is 12.8. The molecular weight excluding hydrogens is 453 g/mol. The molecule has 164 valence electrons. The topological polar surface area (TPSA) is 141 Å². The van der Waals surface area contributed by atoms with E-state index in [1.165, 1.54) is 6.20 Å². The van der Waals surface area contributed by atoms with Gasteiger partial charge in [-0.05, 0) is 18.6 Å². The maximum Gasteiger partial charge on any atom is 0.253 e. The van der Waals surface area contributed by atoms with Gasteiger partial charge < -0.3 is 21.1 Å². The van der Waals surface area contributed by atoms with Crippen LogP contribution in [0.5, 0.6) is 5.75 Å². The molecule has 2 aromatic heterocycles. The molecule has 1 saturated heterocycles. The van der Waals surface area contributed by atoms with Crippen LogP contribution in [0.1, 0.15) is 22.3 Å². The lowest BCUT2D eigenvalue weighted by Gasteiger charge is -2.20. The lowest BCUT2D eigenvalue weighted by Crippen LogP contribution is -2.37. The van der Waals surface area contributed by atoms with Crippen molar-refractivity contribution in [1.82, 2.24) is 20.3 Å². The number of hydrogen-bond acceptors (Lipinski definition) is 7. The molecule has 1 aliphatic heterocycles. The van der Waals surface area contributed by atoms with Gasteiger partial charge in [-0.3, -0.25) is 20.2 Å². The molecule has 0 saturated carbocycles. The van der Waals surface area contributed by atoms with Crippen LogP contribution in [-0.2, 0) is 0 Å². The number of aromatic hydroxyl groups is 1. The quantitative estimate of drug-likeness (QED) is 0.331. The highest BCUT2D eigenvalue weighted by atomic mass is 35.5. The predicted octanol–water partition coefficient (Wildman–Crippen LogP) is 2.84. The van der Waals surface area contributed by atoms with Crippen LogP contribution in [0.2, 0.25) is 10.0 Å². The van der Waals surface area contributed by atoms with Gasteiger partial charge in [0.2, 0.25) is 0 Å². The lowest BCUT2D eigenvalue weighted by molar-refractivity contribution is 0.0940. The van der Waals surface area contributed by atoms with Crippen LogP contribution >= 0.6 is 23.2 Å². The van der Waals surface area contributed by atoms with E-state index < -0.39 is 0 Å². The molecule has 4 rings (SSSR count). The monoisotopic (exact) mass is 471 g/mol. The van der Waals surface area contributed by atoms with Gasteiger partial charge in [-0.15, -0.1) is 0 Å². The molecule has 0 radical (unpaired) electrons. The van der Waals surface area contributed by atoms with Crippen molar-refractivity contribution in [3.63, 3.8) is 0 Å². The van der Waals surface area contributed by atoms with E-state index in [-0.39, 0.29) is 39.9 Å². The van der Waals surface area contributed by atoms with Crippen molar-refractivity contribution in [2.45, 2.75) is 12.5 Å². The second kappa shape index (κ2) is 8.97. The average molecular weight is 472 g/mol. The smallest absolute Gasteiger partial charge is 0.253 e. The van der Waals surface area contributed by atoms with Crippen molar-refractivity contribution in [2.75, 3.05) is 18.0 Å². The third kappa shape index (κ3) is 4.30. The first-order chi connectivity index (χ1) is 15.3. The standard InChI is InChI=1S/C21H19Cl2N7O2/c22-14-7-11(16-9-26-4-5-27-16)1-2-13(14)21(32)29-12-3-6-30(10-12)20-18(31)17(19(24)25)15(23)8-28-20/h1-2,4-5,7-9,12,31H,3,6,10H2,(H3,24,25)(H,29,32). The van der Waals surface area contributed by atoms with E-state index in [4.69, 9.17) is 34.3 Å². The molecule has 1 fully saturated rings. The van der Waals surface area contributed by atoms with Gasteiger partial charge in [-0.1, -0.05) is 29.3 Å². The Labute approximate surface area is 193 Å². The fraction of sp³-hybridized carbons (Fsp3) is 0.190. The van der Waals surface area contributed by atoms with Gasteiger partial charge in [-0.2, -0.15) is 0 Å². The number of carbonyl (C=O) groups excluding carboxylic acids is 1. The minimum Gasteiger partial charge on any atom is -0.504 e. The maximum absolute atomic E-state index is 12.8. The summed E-state index contributed by atoms with van der Waals surface area (Å²) in [7, 11) is 0. The first kappa shape index (κ1) is 21.8. The molecule has 11 heteroatoms. The number of anilines is 1. The Bertz CT molecular complexity index is 1190. The van der Waals surface area contributed by atoms with Crippen molar-refractivity contribution >= 4 is 40.8 Å². The summed E-state index contributed by atoms with van der Waals surface area (Å²) in [6.07, 6.45) is 6.77. The second-order valence-corrected chi connectivity index (χ2v) is 8.07. The Balaban J connectivity index is 1.46. The van der Waals surface area contributed by atoms with Crippen LogP contribution < -0.4 is 16.0 Å². The summed E-state index contributed by atoms with van der Waals surface area (Å²) >= 11 is 12.4. The van der Waals surface area contributed by atoms with Crippen molar-refractivity contribution in [3.05, 3.63) is 64.2 Å². The van der Waals surface area contributed by atoms with Crippen molar-refractivity contribution < 1.29 is 9.90 Å². The highest BCUT2D eigenvalue weighted by Gasteiger charge is 2.29. The average Bonchev–Trinajstić information content (AvgIpc) is 3.22. The van der Waals surface area contributed by atoms with Gasteiger partial charge in [-0.25, -0.2) is 4.98 Å². The summed E-state index contributed by atoms with van der Waals surface area (Å²) in [5.74, 6) is -0.632. The van der Waals surface area contributed by atoms with E-state index in [9.17, 15) is 9.90 Å². The molecule has 3 aromatic rings. The summed E-state index contributed by atoms with van der Waals surface area (Å²) in [5.41, 5.74) is 7.33. The zero-order valence-corrected chi connectivity index (χ0v) is 18.2. The van der Waals surface area contributed by atoms with Crippen LogP contribution in [0.15, 0.2) is 43.0 Å². The summed E-state index contributed by atoms with van der Waals surface area (Å²) < 4.78 is 0. The van der Waals surface area contributed by atoms with Crippen LogP contribution in [0, 0.1) is 5.41 Å². The molecule has 3 heterocycles. The van der Waals surface area contributed by atoms with E-state index >= 15 is 0 Å². The normalized spacial score (nSPS) is 15.6. The SMILES string of the molecule is N=C(N)c1c(Cl)cnc(N2CCC(NC(=O)c3ccc(-c4cnccn4)cc3Cl)C2)c1O. The van der Waals surface area contributed by atoms with Crippen LogP contribution in [0.4, 0.5) is 5.82 Å². The number of nitrogen functional groups attached to an aromatic ring is 1. The zero-order valence-electron chi connectivity index (χ0n) is 16.7. The van der Waals surface area contributed by atoms with Crippen LogP contribution in [0.25, 0.3) is 11.3 Å². The summed E-state index contributed by atoms with van der Waals surface area (Å²) in [5, 5.41) is 21.5. The lowest BCUT2D eigenvalue weighted by atomic mass is 10.1.